The summed E-state index contributed by atoms with van der Waals surface area (Å²) in [5, 5.41) is 2.66. The van der Waals surface area contributed by atoms with Gasteiger partial charge in [0, 0.05) is 5.92 Å². The third kappa shape index (κ3) is 3.85. The molecule has 0 saturated heterocycles. The van der Waals surface area contributed by atoms with Gasteiger partial charge in [-0.3, -0.25) is 14.6 Å². The summed E-state index contributed by atoms with van der Waals surface area (Å²) in [5.74, 6) is 2.16. The number of furan rings is 1. The maximum Gasteiger partial charge on any atom is 0.333 e. The van der Waals surface area contributed by atoms with Crippen LogP contribution in [-0.4, -0.2) is 31.8 Å². The third-order valence-electron chi connectivity index (χ3n) is 3.63. The number of urea groups is 1. The molecule has 0 radical (unpaired) electrons. The molecule has 8 heteroatoms. The van der Waals surface area contributed by atoms with Crippen molar-refractivity contribution in [1.29, 1.82) is 0 Å². The molecule has 26 heavy (non-hydrogen) atoms. The highest BCUT2D eigenvalue weighted by molar-refractivity contribution is 7.78. The topological polar surface area (TPSA) is 84.2 Å². The van der Waals surface area contributed by atoms with E-state index in [0.717, 1.165) is 5.76 Å². The molecule has 2 amide bonds. The van der Waals surface area contributed by atoms with Crippen molar-refractivity contribution in [2.75, 3.05) is 11.9 Å². The largest absolute Gasteiger partial charge is 0.459 e. The van der Waals surface area contributed by atoms with Crippen molar-refractivity contribution in [3.8, 4) is 11.5 Å². The number of aromatic nitrogens is 3. The molecule has 0 aliphatic heterocycles. The number of nitrogens with one attached hydrogen (secondary N) is 1. The molecule has 3 heterocycles. The predicted octanol–water partition coefficient (Wildman–Crippen LogP) is 4.27. The maximum absolute atomic E-state index is 12.0. The first kappa shape index (κ1) is 17.9. The van der Waals surface area contributed by atoms with Gasteiger partial charge in [-0.2, -0.15) is 0 Å². The van der Waals surface area contributed by atoms with Gasteiger partial charge in [-0.25, -0.2) is 14.8 Å². The van der Waals surface area contributed by atoms with Gasteiger partial charge < -0.3 is 4.42 Å². The van der Waals surface area contributed by atoms with Gasteiger partial charge >= 0.3 is 6.03 Å². The summed E-state index contributed by atoms with van der Waals surface area (Å²) < 4.78 is 7.00. The zero-order chi connectivity index (χ0) is 18.7. The summed E-state index contributed by atoms with van der Waals surface area (Å²) in [6.45, 7) is 7.99. The molecule has 0 spiro atoms. The second-order valence-corrected chi connectivity index (χ2v) is 6.43. The predicted molar refractivity (Wildman–Crippen MR) is 104 cm³/mol. The minimum absolute atomic E-state index is 0.289. The summed E-state index contributed by atoms with van der Waals surface area (Å²) in [6, 6.07) is 6.79. The van der Waals surface area contributed by atoms with Crippen LogP contribution in [0, 0.1) is 0 Å². The van der Waals surface area contributed by atoms with Crippen molar-refractivity contribution in [3.05, 3.63) is 48.9 Å². The summed E-state index contributed by atoms with van der Waals surface area (Å²) >= 11 is 4.07. The van der Waals surface area contributed by atoms with Crippen molar-refractivity contribution < 1.29 is 9.21 Å². The van der Waals surface area contributed by atoms with Crippen LogP contribution in [0.15, 0.2) is 47.5 Å². The van der Waals surface area contributed by atoms with Crippen LogP contribution in [0.4, 0.5) is 10.6 Å². The normalized spacial score (nSPS) is 10.9. The Balaban J connectivity index is 1.88. The van der Waals surface area contributed by atoms with Crippen LogP contribution in [0.5, 0.6) is 0 Å². The first-order valence-corrected chi connectivity index (χ1v) is 8.50. The first-order valence-electron chi connectivity index (χ1n) is 8.10. The van der Waals surface area contributed by atoms with E-state index in [4.69, 9.17) is 4.42 Å². The number of pyridine rings is 1. The molecule has 0 aromatic carbocycles. The smallest absolute Gasteiger partial charge is 0.333 e. The van der Waals surface area contributed by atoms with Gasteiger partial charge in [-0.15, -0.1) is 6.58 Å². The zero-order valence-corrected chi connectivity index (χ0v) is 15.4. The lowest BCUT2D eigenvalue weighted by Gasteiger charge is -2.13. The number of amides is 2. The van der Waals surface area contributed by atoms with Gasteiger partial charge in [0.25, 0.3) is 0 Å². The summed E-state index contributed by atoms with van der Waals surface area (Å²) in [4.78, 5) is 25.2. The summed E-state index contributed by atoms with van der Waals surface area (Å²) in [7, 11) is 0. The third-order valence-corrected chi connectivity index (χ3v) is 3.97. The van der Waals surface area contributed by atoms with Crippen molar-refractivity contribution >= 4 is 35.8 Å². The van der Waals surface area contributed by atoms with Crippen molar-refractivity contribution in [3.63, 3.8) is 0 Å². The number of hydrogen-bond donors (Lipinski definition) is 2. The number of thiol groups is 1. The molecule has 0 fully saturated rings. The standard InChI is InChI=1S/C18H19N5O2S/c1-4-9-23(26)18(24)22-16-8-5-12-17(21-16)20-13(10-19-12)15-7-6-14(25-15)11(2)3/h4-8,10-11,26H,1,9H2,2-3H3,(H,20,21,22,24). The minimum atomic E-state index is -0.406. The molecular formula is C18H19N5O2S. The summed E-state index contributed by atoms with van der Waals surface area (Å²) in [6.07, 6.45) is 3.22. The van der Waals surface area contributed by atoms with Crippen LogP contribution < -0.4 is 5.32 Å². The monoisotopic (exact) mass is 369 g/mol. The second kappa shape index (κ2) is 7.57. The molecule has 0 saturated carbocycles. The molecule has 1 N–H and O–H groups in total. The highest BCUT2D eigenvalue weighted by atomic mass is 32.1. The van der Waals surface area contributed by atoms with Crippen molar-refractivity contribution in [2.24, 2.45) is 0 Å². The molecule has 134 valence electrons. The molecule has 0 aliphatic rings. The highest BCUT2D eigenvalue weighted by Gasteiger charge is 2.12. The van der Waals surface area contributed by atoms with Crippen LogP contribution in [-0.2, 0) is 0 Å². The van der Waals surface area contributed by atoms with Gasteiger partial charge in [-0.1, -0.05) is 32.7 Å². The Hall–Kier alpha value is -2.87. The van der Waals surface area contributed by atoms with E-state index in [1.54, 1.807) is 24.4 Å². The van der Waals surface area contributed by atoms with Gasteiger partial charge in [0.2, 0.25) is 0 Å². The van der Waals surface area contributed by atoms with E-state index in [2.05, 4.69) is 53.5 Å². The fourth-order valence-electron chi connectivity index (χ4n) is 2.27. The van der Waals surface area contributed by atoms with E-state index in [1.165, 1.54) is 4.31 Å². The van der Waals surface area contributed by atoms with E-state index < -0.39 is 6.03 Å². The summed E-state index contributed by atoms with van der Waals surface area (Å²) in [5.41, 5.74) is 1.62. The molecule has 0 atom stereocenters. The van der Waals surface area contributed by atoms with Gasteiger partial charge in [-0.05, 0) is 24.3 Å². The van der Waals surface area contributed by atoms with E-state index in [1.807, 2.05) is 12.1 Å². The Morgan fingerprint density at radius 2 is 2.15 bits per heavy atom. The van der Waals surface area contributed by atoms with Crippen LogP contribution in [0.1, 0.15) is 25.5 Å². The molecule has 3 rings (SSSR count). The molecule has 0 aliphatic carbocycles. The Bertz CT molecular complexity index is 954. The van der Waals surface area contributed by atoms with E-state index in [9.17, 15) is 4.79 Å². The molecule has 7 nitrogen and oxygen atoms in total. The quantitative estimate of drug-likeness (QED) is 0.518. The lowest BCUT2D eigenvalue weighted by molar-refractivity contribution is 0.241. The number of nitrogens with zero attached hydrogens (tertiary/aromatic N) is 4. The lowest BCUT2D eigenvalue weighted by Crippen LogP contribution is -2.27. The van der Waals surface area contributed by atoms with Crippen molar-refractivity contribution in [2.45, 2.75) is 19.8 Å². The molecule has 3 aromatic rings. The Morgan fingerprint density at radius 1 is 1.35 bits per heavy atom. The van der Waals surface area contributed by atoms with Crippen LogP contribution >= 0.6 is 12.8 Å². The van der Waals surface area contributed by atoms with Crippen LogP contribution in [0.2, 0.25) is 0 Å². The Labute approximate surface area is 156 Å². The number of hydrogen-bond acceptors (Lipinski definition) is 6. The van der Waals surface area contributed by atoms with E-state index in [-0.39, 0.29) is 5.92 Å². The average molecular weight is 369 g/mol. The minimum Gasteiger partial charge on any atom is -0.459 e. The first-order chi connectivity index (χ1) is 12.5. The number of carbonyl (C=O) groups excluding carboxylic acids is 1. The fraction of sp³-hybridized carbons (Fsp3) is 0.222. The number of fused-ring (bicyclic) bond motifs is 1. The van der Waals surface area contributed by atoms with Crippen molar-refractivity contribution in [1.82, 2.24) is 19.3 Å². The SMILES string of the molecule is C=CCN(S)C(=O)Nc1ccc2ncc(-c3ccc(C(C)C)o3)nc2n1. The van der Waals surface area contributed by atoms with E-state index >= 15 is 0 Å². The van der Waals surface area contributed by atoms with E-state index in [0.29, 0.717) is 35.0 Å². The molecular weight excluding hydrogens is 350 g/mol. The number of rotatable bonds is 5. The lowest BCUT2D eigenvalue weighted by atomic mass is 10.2. The number of carbonyl (C=O) groups is 1. The van der Waals surface area contributed by atoms with Crippen LogP contribution in [0.25, 0.3) is 22.6 Å². The zero-order valence-electron chi connectivity index (χ0n) is 14.5. The second-order valence-electron chi connectivity index (χ2n) is 5.95. The molecule has 0 bridgehead atoms. The average Bonchev–Trinajstić information content (AvgIpc) is 3.11. The van der Waals surface area contributed by atoms with Gasteiger partial charge in [0.1, 0.15) is 22.8 Å². The Kier molecular flexibility index (Phi) is 5.22. The van der Waals surface area contributed by atoms with Crippen LogP contribution in [0.3, 0.4) is 0 Å². The van der Waals surface area contributed by atoms with Gasteiger partial charge in [0.05, 0.1) is 12.7 Å². The molecule has 3 aromatic heterocycles. The maximum atomic E-state index is 12.0. The fourth-order valence-corrected chi connectivity index (χ4v) is 2.43. The van der Waals surface area contributed by atoms with Gasteiger partial charge in [0.15, 0.2) is 11.4 Å². The Morgan fingerprint density at radius 3 is 2.85 bits per heavy atom. The number of anilines is 1. The highest BCUT2D eigenvalue weighted by Crippen LogP contribution is 2.25. The molecule has 0 unspecified atom stereocenters.